The number of nitrogens with zero attached hydrogens (tertiary/aromatic N) is 1. The highest BCUT2D eigenvalue weighted by atomic mass is 16.5. The predicted molar refractivity (Wildman–Crippen MR) is 128 cm³/mol. The Bertz CT molecular complexity index is 875. The number of likely N-dealkylation sites (tertiary alicyclic amines) is 1. The van der Waals surface area contributed by atoms with Gasteiger partial charge in [0.25, 0.3) is 0 Å². The van der Waals surface area contributed by atoms with Crippen molar-refractivity contribution in [2.75, 3.05) is 19.7 Å². The summed E-state index contributed by atoms with van der Waals surface area (Å²) in [6.07, 6.45) is 10.8. The summed E-state index contributed by atoms with van der Waals surface area (Å²) in [5, 5.41) is 34.3. The van der Waals surface area contributed by atoms with Crippen molar-refractivity contribution in [3.05, 3.63) is 11.6 Å². The molecule has 0 spiro atoms. The number of ether oxygens (including phenoxy) is 1. The van der Waals surface area contributed by atoms with Crippen LogP contribution in [0.15, 0.2) is 11.6 Å². The third-order valence-electron chi connectivity index (χ3n) is 12.0. The van der Waals surface area contributed by atoms with E-state index in [1.807, 2.05) is 0 Å². The zero-order valence-corrected chi connectivity index (χ0v) is 20.9. The van der Waals surface area contributed by atoms with Gasteiger partial charge >= 0.3 is 5.97 Å². The molecule has 0 radical (unpaired) electrons. The molecular formula is C28H43NO5. The van der Waals surface area contributed by atoms with E-state index in [-0.39, 0.29) is 29.3 Å². The summed E-state index contributed by atoms with van der Waals surface area (Å²) in [7, 11) is 0. The Morgan fingerprint density at radius 2 is 1.85 bits per heavy atom. The molecule has 0 aromatic rings. The first kappa shape index (κ1) is 23.4. The van der Waals surface area contributed by atoms with Gasteiger partial charge in [0.1, 0.15) is 6.61 Å². The Balaban J connectivity index is 1.25. The molecule has 6 nitrogen and oxygen atoms in total. The second-order valence-electron chi connectivity index (χ2n) is 13.1. The number of hydrogen-bond acceptors (Lipinski definition) is 6. The van der Waals surface area contributed by atoms with Crippen molar-refractivity contribution in [3.63, 3.8) is 0 Å². The molecule has 0 amide bonds. The Labute approximate surface area is 203 Å². The van der Waals surface area contributed by atoms with Gasteiger partial charge in [0.05, 0.1) is 17.8 Å². The molecule has 1 saturated heterocycles. The number of fused-ring (bicyclic) bond motifs is 5. The molecule has 3 N–H and O–H groups in total. The molecule has 10 atom stereocenters. The van der Waals surface area contributed by atoms with Crippen molar-refractivity contribution in [1.82, 2.24) is 4.90 Å². The van der Waals surface area contributed by atoms with Crippen molar-refractivity contribution in [2.24, 2.45) is 34.5 Å². The van der Waals surface area contributed by atoms with E-state index in [2.05, 4.69) is 18.7 Å². The van der Waals surface area contributed by atoms with Crippen LogP contribution in [0.3, 0.4) is 0 Å². The monoisotopic (exact) mass is 473 g/mol. The van der Waals surface area contributed by atoms with E-state index in [4.69, 9.17) is 4.74 Å². The fraction of sp³-hybridized carbons (Fsp3) is 0.893. The van der Waals surface area contributed by atoms with Gasteiger partial charge < -0.3 is 20.1 Å². The van der Waals surface area contributed by atoms with E-state index in [1.54, 1.807) is 6.08 Å². The second-order valence-corrected chi connectivity index (χ2v) is 13.1. The summed E-state index contributed by atoms with van der Waals surface area (Å²) < 4.78 is 5.22. The lowest BCUT2D eigenvalue weighted by Crippen LogP contribution is -2.67. The summed E-state index contributed by atoms with van der Waals surface area (Å²) in [5.41, 5.74) is -0.410. The zero-order chi connectivity index (χ0) is 23.9. The number of rotatable bonds is 2. The van der Waals surface area contributed by atoms with Gasteiger partial charge in [-0.3, -0.25) is 4.90 Å². The van der Waals surface area contributed by atoms with Crippen molar-refractivity contribution in [3.8, 4) is 0 Å². The van der Waals surface area contributed by atoms with Crippen molar-refractivity contribution >= 4 is 5.97 Å². The van der Waals surface area contributed by atoms with Crippen molar-refractivity contribution < 1.29 is 24.9 Å². The molecule has 0 aromatic carbocycles. The Kier molecular flexibility index (Phi) is 5.53. The highest BCUT2D eigenvalue weighted by molar-refractivity contribution is 5.85. The van der Waals surface area contributed by atoms with Crippen LogP contribution in [-0.2, 0) is 9.53 Å². The van der Waals surface area contributed by atoms with Crippen LogP contribution in [0.4, 0.5) is 0 Å². The van der Waals surface area contributed by atoms with Gasteiger partial charge in [-0.15, -0.1) is 0 Å². The fourth-order valence-corrected chi connectivity index (χ4v) is 10.0. The lowest BCUT2D eigenvalue weighted by Gasteiger charge is -2.65. The fourth-order valence-electron chi connectivity index (χ4n) is 10.0. The molecule has 5 fully saturated rings. The molecule has 6 heteroatoms. The van der Waals surface area contributed by atoms with Crippen LogP contribution in [-0.4, -0.2) is 69.7 Å². The van der Waals surface area contributed by atoms with E-state index in [1.165, 1.54) is 6.42 Å². The number of carbonyl (C=O) groups is 1. The summed E-state index contributed by atoms with van der Waals surface area (Å²) in [4.78, 5) is 14.3. The predicted octanol–water partition coefficient (Wildman–Crippen LogP) is 3.04. The second kappa shape index (κ2) is 8.03. The molecule has 34 heavy (non-hydrogen) atoms. The number of aliphatic hydroxyl groups excluding tert-OH is 2. The third kappa shape index (κ3) is 3.17. The van der Waals surface area contributed by atoms with Gasteiger partial charge in [-0.2, -0.15) is 0 Å². The molecule has 0 aromatic heterocycles. The number of aliphatic hydroxyl groups is 3. The van der Waals surface area contributed by atoms with Crippen LogP contribution in [0.5, 0.6) is 0 Å². The standard InChI is InChI=1S/C28H43NO5/c1-26-9-7-19(29-11-3-4-20(30)15-29)13-18(26)5-6-22-23(26)14-24(31)27(2)21(8-10-28(22,27)33)17-12-25(32)34-16-17/h12,18-24,30-31,33H,3-11,13-16H2,1-2H3/t18-,19+,20?,21-,22-,23+,24-,26+,27+,28+/m1/s1. The van der Waals surface area contributed by atoms with Crippen LogP contribution in [0.25, 0.3) is 0 Å². The average Bonchev–Trinajstić information content (AvgIpc) is 3.35. The number of esters is 1. The maximum atomic E-state index is 12.4. The van der Waals surface area contributed by atoms with Crippen LogP contribution in [0.2, 0.25) is 0 Å². The average molecular weight is 474 g/mol. The van der Waals surface area contributed by atoms with Gasteiger partial charge in [0.2, 0.25) is 0 Å². The molecule has 4 saturated carbocycles. The maximum Gasteiger partial charge on any atom is 0.331 e. The van der Waals surface area contributed by atoms with Crippen molar-refractivity contribution in [1.29, 1.82) is 0 Å². The maximum absolute atomic E-state index is 12.4. The Hall–Kier alpha value is -0.950. The molecule has 4 aliphatic carbocycles. The van der Waals surface area contributed by atoms with E-state index in [0.717, 1.165) is 70.0 Å². The zero-order valence-electron chi connectivity index (χ0n) is 20.9. The highest BCUT2D eigenvalue weighted by Gasteiger charge is 2.70. The lowest BCUT2D eigenvalue weighted by molar-refractivity contribution is -0.244. The molecule has 2 heterocycles. The summed E-state index contributed by atoms with van der Waals surface area (Å²) in [5.74, 6) is 0.878. The van der Waals surface area contributed by atoms with E-state index < -0.39 is 17.1 Å². The first-order valence-corrected chi connectivity index (χ1v) is 13.9. The van der Waals surface area contributed by atoms with E-state index in [9.17, 15) is 20.1 Å². The first-order valence-electron chi connectivity index (χ1n) is 13.9. The van der Waals surface area contributed by atoms with Crippen LogP contribution < -0.4 is 0 Å². The number of hydrogen-bond donors (Lipinski definition) is 3. The molecule has 2 aliphatic heterocycles. The molecule has 6 aliphatic rings. The largest absolute Gasteiger partial charge is 0.458 e. The molecule has 0 bridgehead atoms. The SMILES string of the molecule is C[C@]12CC[C@H](N3CCCC(O)C3)C[C@H]1CC[C@@H]1[C@@H]2C[C@@H](O)[C@]2(C)[C@@H](C3=CC(=O)OC3)CC[C@]12O. The normalized spacial score (nSPS) is 53.5. The number of cyclic esters (lactones) is 1. The van der Waals surface area contributed by atoms with Crippen LogP contribution in [0.1, 0.15) is 78.1 Å². The Morgan fingerprint density at radius 3 is 2.59 bits per heavy atom. The summed E-state index contributed by atoms with van der Waals surface area (Å²) >= 11 is 0. The van der Waals surface area contributed by atoms with Gasteiger partial charge in [0, 0.05) is 24.1 Å². The number of carbonyl (C=O) groups excluding carboxylic acids is 1. The van der Waals surface area contributed by atoms with Gasteiger partial charge in [0.15, 0.2) is 0 Å². The smallest absolute Gasteiger partial charge is 0.331 e. The minimum absolute atomic E-state index is 0.00620. The minimum atomic E-state index is -0.895. The molecule has 6 rings (SSSR count). The van der Waals surface area contributed by atoms with Gasteiger partial charge in [-0.1, -0.05) is 13.8 Å². The first-order chi connectivity index (χ1) is 16.2. The van der Waals surface area contributed by atoms with Crippen LogP contribution in [0, 0.1) is 34.5 Å². The molecule has 1 unspecified atom stereocenters. The van der Waals surface area contributed by atoms with E-state index >= 15 is 0 Å². The van der Waals surface area contributed by atoms with E-state index in [0.29, 0.717) is 30.9 Å². The van der Waals surface area contributed by atoms with Gasteiger partial charge in [-0.25, -0.2) is 4.79 Å². The highest BCUT2D eigenvalue weighted by Crippen LogP contribution is 2.70. The number of β-amino-alcohol motifs (C(OH)–C–C–N with tert-alkyl or cyclic N) is 1. The van der Waals surface area contributed by atoms with Crippen LogP contribution >= 0.6 is 0 Å². The topological polar surface area (TPSA) is 90.2 Å². The number of piperidine rings is 1. The van der Waals surface area contributed by atoms with Gasteiger partial charge in [-0.05, 0) is 105 Å². The lowest BCUT2D eigenvalue weighted by atomic mass is 9.42. The molecule has 190 valence electrons. The summed E-state index contributed by atoms with van der Waals surface area (Å²) in [6, 6.07) is 0.564. The Morgan fingerprint density at radius 1 is 1.03 bits per heavy atom. The van der Waals surface area contributed by atoms with Crippen molar-refractivity contribution in [2.45, 2.75) is 102 Å². The third-order valence-corrected chi connectivity index (χ3v) is 12.0. The molecular weight excluding hydrogens is 430 g/mol. The summed E-state index contributed by atoms with van der Waals surface area (Å²) in [6.45, 7) is 6.77. The minimum Gasteiger partial charge on any atom is -0.458 e. The quantitative estimate of drug-likeness (QED) is 0.534.